The number of rotatable bonds is 8. The number of ether oxygens (including phenoxy) is 1. The van der Waals surface area contributed by atoms with Crippen molar-refractivity contribution in [1.29, 1.82) is 0 Å². The highest BCUT2D eigenvalue weighted by atomic mass is 16.5. The Kier molecular flexibility index (Phi) is 7.36. The van der Waals surface area contributed by atoms with Crippen molar-refractivity contribution in [3.63, 3.8) is 0 Å². The molecule has 0 radical (unpaired) electrons. The summed E-state index contributed by atoms with van der Waals surface area (Å²) in [5, 5.41) is 0. The van der Waals surface area contributed by atoms with Crippen LogP contribution in [0.4, 0.5) is 0 Å². The van der Waals surface area contributed by atoms with E-state index in [1.807, 2.05) is 24.3 Å². The van der Waals surface area contributed by atoms with Gasteiger partial charge in [-0.25, -0.2) is 0 Å². The van der Waals surface area contributed by atoms with E-state index < -0.39 is 0 Å². The van der Waals surface area contributed by atoms with E-state index in [9.17, 15) is 4.79 Å². The van der Waals surface area contributed by atoms with Crippen LogP contribution in [-0.4, -0.2) is 5.97 Å². The fourth-order valence-electron chi connectivity index (χ4n) is 3.85. The van der Waals surface area contributed by atoms with Crippen molar-refractivity contribution >= 4 is 5.97 Å². The van der Waals surface area contributed by atoms with Crippen LogP contribution in [0.1, 0.15) is 36.0 Å². The third-order valence-corrected chi connectivity index (χ3v) is 5.91. The van der Waals surface area contributed by atoms with Gasteiger partial charge in [0.15, 0.2) is 0 Å². The van der Waals surface area contributed by atoms with Crippen LogP contribution in [0.5, 0.6) is 5.75 Å². The van der Waals surface area contributed by atoms with E-state index in [-0.39, 0.29) is 5.97 Å². The minimum absolute atomic E-state index is 0.173. The van der Waals surface area contributed by atoms with Gasteiger partial charge in [0, 0.05) is 6.42 Å². The largest absolute Gasteiger partial charge is 0.427 e. The van der Waals surface area contributed by atoms with Crippen LogP contribution in [0.2, 0.25) is 0 Å². The fraction of sp³-hybridized carbons (Fsp3) is 0.194. The van der Waals surface area contributed by atoms with Gasteiger partial charge in [-0.2, -0.15) is 0 Å². The van der Waals surface area contributed by atoms with Crippen LogP contribution in [0.15, 0.2) is 97.1 Å². The Labute approximate surface area is 196 Å². The van der Waals surface area contributed by atoms with Crippen LogP contribution in [0.3, 0.4) is 0 Å². The molecule has 0 unspecified atom stereocenters. The van der Waals surface area contributed by atoms with E-state index in [0.29, 0.717) is 12.2 Å². The molecular weight excluding hydrogens is 404 g/mol. The van der Waals surface area contributed by atoms with E-state index in [2.05, 4.69) is 86.6 Å². The highest BCUT2D eigenvalue weighted by Crippen LogP contribution is 2.24. The second kappa shape index (κ2) is 10.8. The summed E-state index contributed by atoms with van der Waals surface area (Å²) in [5.74, 6) is 0.426. The normalized spacial score (nSPS) is 10.7. The first-order chi connectivity index (χ1) is 16.1. The van der Waals surface area contributed by atoms with Crippen molar-refractivity contribution in [2.24, 2.45) is 0 Å². The molecule has 4 aromatic carbocycles. The summed E-state index contributed by atoms with van der Waals surface area (Å²) < 4.78 is 5.51. The first kappa shape index (κ1) is 22.5. The van der Waals surface area contributed by atoms with Gasteiger partial charge in [0.1, 0.15) is 5.75 Å². The summed E-state index contributed by atoms with van der Waals surface area (Å²) in [6.45, 7) is 4.18. The molecule has 0 N–H and O–H groups in total. The fourth-order valence-corrected chi connectivity index (χ4v) is 3.85. The number of carbonyl (C=O) groups is 1. The monoisotopic (exact) mass is 434 g/mol. The maximum atomic E-state index is 12.2. The lowest BCUT2D eigenvalue weighted by Crippen LogP contribution is -2.07. The number of esters is 1. The average molecular weight is 435 g/mol. The van der Waals surface area contributed by atoms with Gasteiger partial charge in [0.2, 0.25) is 0 Å². The number of unbranched alkanes of at least 4 members (excludes halogenated alkanes) is 1. The molecule has 0 atom stereocenters. The van der Waals surface area contributed by atoms with Crippen LogP contribution >= 0.6 is 0 Å². The van der Waals surface area contributed by atoms with Crippen molar-refractivity contribution in [3.8, 4) is 28.0 Å². The van der Waals surface area contributed by atoms with Crippen molar-refractivity contribution < 1.29 is 9.53 Å². The topological polar surface area (TPSA) is 26.3 Å². The summed E-state index contributed by atoms with van der Waals surface area (Å²) in [5.41, 5.74) is 8.55. The number of carbonyl (C=O) groups excluding carboxylic acids is 1. The molecule has 0 aliphatic carbocycles. The second-order valence-corrected chi connectivity index (χ2v) is 8.63. The molecule has 33 heavy (non-hydrogen) atoms. The summed E-state index contributed by atoms with van der Waals surface area (Å²) in [6.07, 6.45) is 3.18. The van der Waals surface area contributed by atoms with E-state index in [0.717, 1.165) is 30.4 Å². The molecule has 4 rings (SSSR count). The first-order valence-electron chi connectivity index (χ1n) is 11.6. The molecule has 0 aliphatic heterocycles. The predicted octanol–water partition coefficient (Wildman–Crippen LogP) is 7.96. The predicted molar refractivity (Wildman–Crippen MR) is 136 cm³/mol. The number of aryl methyl sites for hydroxylation is 3. The van der Waals surface area contributed by atoms with Crippen molar-refractivity contribution in [2.75, 3.05) is 0 Å². The average Bonchev–Trinajstić information content (AvgIpc) is 2.84. The lowest BCUT2D eigenvalue weighted by Gasteiger charge is -2.07. The molecule has 0 spiro atoms. The number of hydrogen-bond donors (Lipinski definition) is 0. The highest BCUT2D eigenvalue weighted by molar-refractivity contribution is 5.73. The molecule has 0 aromatic heterocycles. The van der Waals surface area contributed by atoms with E-state index in [1.165, 1.54) is 27.8 Å². The lowest BCUT2D eigenvalue weighted by atomic mass is 10.0. The Morgan fingerprint density at radius 3 is 1.48 bits per heavy atom. The zero-order valence-electron chi connectivity index (χ0n) is 19.4. The zero-order chi connectivity index (χ0) is 23.0. The minimum Gasteiger partial charge on any atom is -0.427 e. The minimum atomic E-state index is -0.173. The molecule has 0 amide bonds. The molecule has 0 aliphatic rings. The lowest BCUT2D eigenvalue weighted by molar-refractivity contribution is -0.134. The molecule has 0 heterocycles. The van der Waals surface area contributed by atoms with Gasteiger partial charge in [0.25, 0.3) is 0 Å². The number of benzene rings is 4. The molecule has 2 nitrogen and oxygen atoms in total. The maximum absolute atomic E-state index is 12.2. The third-order valence-electron chi connectivity index (χ3n) is 5.91. The van der Waals surface area contributed by atoms with E-state index in [4.69, 9.17) is 4.74 Å². The Morgan fingerprint density at radius 2 is 1.00 bits per heavy atom. The van der Waals surface area contributed by atoms with Crippen molar-refractivity contribution in [1.82, 2.24) is 0 Å². The Bertz CT molecular complexity index is 1170. The van der Waals surface area contributed by atoms with Gasteiger partial charge in [-0.1, -0.05) is 96.1 Å². The van der Waals surface area contributed by atoms with Gasteiger partial charge < -0.3 is 4.74 Å². The molecule has 2 heteroatoms. The summed E-state index contributed by atoms with van der Waals surface area (Å²) >= 11 is 0. The van der Waals surface area contributed by atoms with Gasteiger partial charge in [-0.3, -0.25) is 4.79 Å². The van der Waals surface area contributed by atoms with Gasteiger partial charge in [-0.15, -0.1) is 0 Å². The SMILES string of the molecule is Cc1ccc(-c2ccc(CCCCC(=O)Oc3ccc(-c4ccc(C)cc4)cc3)cc2)cc1. The van der Waals surface area contributed by atoms with Crippen molar-refractivity contribution in [3.05, 3.63) is 114 Å². The summed E-state index contributed by atoms with van der Waals surface area (Å²) in [7, 11) is 0. The molecule has 0 saturated carbocycles. The molecule has 4 aromatic rings. The van der Waals surface area contributed by atoms with Crippen LogP contribution in [0, 0.1) is 13.8 Å². The Balaban J connectivity index is 1.20. The quantitative estimate of drug-likeness (QED) is 0.160. The van der Waals surface area contributed by atoms with Crippen LogP contribution in [-0.2, 0) is 11.2 Å². The van der Waals surface area contributed by atoms with Gasteiger partial charge in [0.05, 0.1) is 0 Å². The van der Waals surface area contributed by atoms with Gasteiger partial charge >= 0.3 is 5.97 Å². The van der Waals surface area contributed by atoms with Crippen LogP contribution in [0.25, 0.3) is 22.3 Å². The first-order valence-corrected chi connectivity index (χ1v) is 11.6. The van der Waals surface area contributed by atoms with Gasteiger partial charge in [-0.05, 0) is 73.1 Å². The highest BCUT2D eigenvalue weighted by Gasteiger charge is 2.06. The third kappa shape index (κ3) is 6.43. The smallest absolute Gasteiger partial charge is 0.311 e. The summed E-state index contributed by atoms with van der Waals surface area (Å²) in [4.78, 5) is 12.2. The molecular formula is C31H30O2. The van der Waals surface area contributed by atoms with E-state index >= 15 is 0 Å². The molecule has 0 bridgehead atoms. The summed E-state index contributed by atoms with van der Waals surface area (Å²) in [6, 6.07) is 33.4. The number of hydrogen-bond acceptors (Lipinski definition) is 2. The standard InChI is InChI=1S/C31H30O2/c1-23-7-13-26(14-8-23)28-17-11-25(12-18-28)5-3-4-6-31(32)33-30-21-19-29(20-22-30)27-15-9-24(2)10-16-27/h7-22H,3-6H2,1-2H3. The molecule has 166 valence electrons. The van der Waals surface area contributed by atoms with Crippen molar-refractivity contribution in [2.45, 2.75) is 39.5 Å². The van der Waals surface area contributed by atoms with Crippen LogP contribution < -0.4 is 4.74 Å². The Morgan fingerprint density at radius 1 is 0.576 bits per heavy atom. The van der Waals surface area contributed by atoms with E-state index in [1.54, 1.807) is 0 Å². The molecule has 0 fully saturated rings. The Hall–Kier alpha value is -3.65. The zero-order valence-corrected chi connectivity index (χ0v) is 19.4. The molecule has 0 saturated heterocycles. The second-order valence-electron chi connectivity index (χ2n) is 8.63. The maximum Gasteiger partial charge on any atom is 0.311 e.